The lowest BCUT2D eigenvalue weighted by molar-refractivity contribution is 0.394. The number of hydrogen-bond acceptors (Lipinski definition) is 4. The molecule has 0 saturated heterocycles. The van der Waals surface area contributed by atoms with E-state index in [2.05, 4.69) is 9.97 Å². The minimum atomic E-state index is -3.67. The van der Waals surface area contributed by atoms with Gasteiger partial charge in [0.25, 0.3) is 0 Å². The lowest BCUT2D eigenvalue weighted by Gasteiger charge is -2.21. The van der Waals surface area contributed by atoms with Crippen LogP contribution in [0.3, 0.4) is 0 Å². The fourth-order valence-corrected chi connectivity index (χ4v) is 4.20. The van der Waals surface area contributed by atoms with Crippen LogP contribution in [-0.2, 0) is 16.6 Å². The Morgan fingerprint density at radius 2 is 1.90 bits per heavy atom. The Hall–Kier alpha value is -1.50. The van der Waals surface area contributed by atoms with Crippen molar-refractivity contribution in [2.75, 3.05) is 0 Å². The van der Waals surface area contributed by atoms with E-state index >= 15 is 0 Å². The van der Waals surface area contributed by atoms with Crippen LogP contribution in [0.1, 0.15) is 18.5 Å². The second-order valence-electron chi connectivity index (χ2n) is 4.89. The van der Waals surface area contributed by atoms with Gasteiger partial charge in [0, 0.05) is 18.4 Å². The molecular formula is C14H14ClN3O2S. The summed E-state index contributed by atoms with van der Waals surface area (Å²) in [5, 5.41) is 0.00386. The summed E-state index contributed by atoms with van der Waals surface area (Å²) in [6.45, 7) is 0.249. The number of aromatic nitrogens is 2. The minimum absolute atomic E-state index is 0.00386. The van der Waals surface area contributed by atoms with Crippen molar-refractivity contribution in [3.05, 3.63) is 53.6 Å². The highest BCUT2D eigenvalue weighted by molar-refractivity contribution is 7.89. The smallest absolute Gasteiger partial charge is 0.246 e. The molecule has 0 aliphatic heterocycles. The van der Waals surface area contributed by atoms with Crippen molar-refractivity contribution < 1.29 is 8.42 Å². The van der Waals surface area contributed by atoms with Crippen molar-refractivity contribution in [2.45, 2.75) is 30.3 Å². The van der Waals surface area contributed by atoms with Crippen LogP contribution in [0.2, 0.25) is 5.15 Å². The number of sulfonamides is 1. The minimum Gasteiger partial charge on any atom is -0.260 e. The first kappa shape index (κ1) is 14.4. The van der Waals surface area contributed by atoms with Gasteiger partial charge in [-0.15, -0.1) is 0 Å². The molecule has 0 bridgehead atoms. The SMILES string of the molecule is O=S(=O)(c1cccnc1Cl)N(Cc1ccccn1)C1CC1. The van der Waals surface area contributed by atoms with E-state index in [4.69, 9.17) is 11.6 Å². The Morgan fingerprint density at radius 3 is 2.52 bits per heavy atom. The summed E-state index contributed by atoms with van der Waals surface area (Å²) in [6.07, 6.45) is 4.86. The molecular weight excluding hydrogens is 310 g/mol. The third-order valence-electron chi connectivity index (χ3n) is 3.31. The molecule has 2 aromatic rings. The molecule has 0 N–H and O–H groups in total. The third kappa shape index (κ3) is 3.07. The average molecular weight is 324 g/mol. The summed E-state index contributed by atoms with van der Waals surface area (Å²) in [6, 6.07) is 8.54. The Kier molecular flexibility index (Phi) is 3.93. The Bertz CT molecular complexity index is 733. The zero-order chi connectivity index (χ0) is 14.9. The van der Waals surface area contributed by atoms with E-state index in [1.807, 2.05) is 12.1 Å². The van der Waals surface area contributed by atoms with Gasteiger partial charge in [-0.05, 0) is 37.1 Å². The second-order valence-corrected chi connectivity index (χ2v) is 7.11. The van der Waals surface area contributed by atoms with Gasteiger partial charge in [-0.25, -0.2) is 13.4 Å². The molecule has 0 radical (unpaired) electrons. The maximum Gasteiger partial charge on any atom is 0.246 e. The zero-order valence-corrected chi connectivity index (χ0v) is 12.8. The molecule has 1 saturated carbocycles. The lowest BCUT2D eigenvalue weighted by Crippen LogP contribution is -2.33. The monoisotopic (exact) mass is 323 g/mol. The highest BCUT2D eigenvalue weighted by Crippen LogP contribution is 2.34. The van der Waals surface area contributed by atoms with Crippen molar-refractivity contribution >= 4 is 21.6 Å². The first-order valence-electron chi connectivity index (χ1n) is 6.61. The van der Waals surface area contributed by atoms with E-state index < -0.39 is 10.0 Å². The van der Waals surface area contributed by atoms with E-state index in [1.54, 1.807) is 18.3 Å². The number of rotatable bonds is 5. The topological polar surface area (TPSA) is 63.2 Å². The van der Waals surface area contributed by atoms with Crippen LogP contribution in [0, 0.1) is 0 Å². The van der Waals surface area contributed by atoms with E-state index in [1.165, 1.54) is 16.6 Å². The summed E-state index contributed by atoms with van der Waals surface area (Å²) in [5.41, 5.74) is 0.716. The van der Waals surface area contributed by atoms with Crippen molar-refractivity contribution in [1.82, 2.24) is 14.3 Å². The molecule has 0 spiro atoms. The molecule has 0 amide bonds. The van der Waals surface area contributed by atoms with Gasteiger partial charge in [0.05, 0.1) is 12.2 Å². The number of halogens is 1. The standard InChI is InChI=1S/C14H14ClN3O2S/c15-14-13(5-3-9-17-14)21(19,20)18(12-6-7-12)10-11-4-1-2-8-16-11/h1-5,8-9,12H,6-7,10H2. The van der Waals surface area contributed by atoms with Crippen molar-refractivity contribution in [2.24, 2.45) is 0 Å². The van der Waals surface area contributed by atoms with Crippen LogP contribution in [-0.4, -0.2) is 28.7 Å². The molecule has 0 atom stereocenters. The van der Waals surface area contributed by atoms with Gasteiger partial charge in [-0.1, -0.05) is 17.7 Å². The molecule has 2 aromatic heterocycles. The fourth-order valence-electron chi connectivity index (χ4n) is 2.11. The van der Waals surface area contributed by atoms with E-state index in [0.717, 1.165) is 12.8 Å². The molecule has 5 nitrogen and oxygen atoms in total. The zero-order valence-electron chi connectivity index (χ0n) is 11.2. The molecule has 0 unspecified atom stereocenters. The average Bonchev–Trinajstić information content (AvgIpc) is 3.30. The van der Waals surface area contributed by atoms with Crippen LogP contribution in [0.15, 0.2) is 47.6 Å². The van der Waals surface area contributed by atoms with E-state index in [9.17, 15) is 8.42 Å². The molecule has 2 heterocycles. The van der Waals surface area contributed by atoms with Gasteiger partial charge in [0.2, 0.25) is 10.0 Å². The predicted molar refractivity (Wildman–Crippen MR) is 79.2 cm³/mol. The Labute approximate surface area is 128 Å². The molecule has 1 aliphatic carbocycles. The Morgan fingerprint density at radius 1 is 1.14 bits per heavy atom. The molecule has 7 heteroatoms. The van der Waals surface area contributed by atoms with Crippen molar-refractivity contribution in [3.63, 3.8) is 0 Å². The van der Waals surface area contributed by atoms with Crippen LogP contribution in [0.4, 0.5) is 0 Å². The number of hydrogen-bond donors (Lipinski definition) is 0. The first-order chi connectivity index (χ1) is 10.1. The van der Waals surface area contributed by atoms with Gasteiger partial charge in [0.1, 0.15) is 10.0 Å². The van der Waals surface area contributed by atoms with Gasteiger partial charge < -0.3 is 0 Å². The molecule has 1 fully saturated rings. The van der Waals surface area contributed by atoms with Crippen molar-refractivity contribution in [3.8, 4) is 0 Å². The van der Waals surface area contributed by atoms with Crippen LogP contribution in [0.25, 0.3) is 0 Å². The lowest BCUT2D eigenvalue weighted by atomic mass is 10.3. The molecule has 110 valence electrons. The summed E-state index contributed by atoms with van der Waals surface area (Å²) >= 11 is 5.95. The molecule has 0 aromatic carbocycles. The van der Waals surface area contributed by atoms with Crippen LogP contribution >= 0.6 is 11.6 Å². The number of nitrogens with zero attached hydrogens (tertiary/aromatic N) is 3. The second kappa shape index (κ2) is 5.71. The largest absolute Gasteiger partial charge is 0.260 e. The highest BCUT2D eigenvalue weighted by atomic mass is 35.5. The van der Waals surface area contributed by atoms with E-state index in [-0.39, 0.29) is 22.6 Å². The fraction of sp³-hybridized carbons (Fsp3) is 0.286. The quantitative estimate of drug-likeness (QED) is 0.793. The normalized spacial score (nSPS) is 15.3. The summed E-state index contributed by atoms with van der Waals surface area (Å²) < 4.78 is 27.1. The number of pyridine rings is 2. The van der Waals surface area contributed by atoms with Gasteiger partial charge in [-0.3, -0.25) is 4.98 Å². The van der Waals surface area contributed by atoms with Crippen molar-refractivity contribution in [1.29, 1.82) is 0 Å². The summed E-state index contributed by atoms with van der Waals surface area (Å²) in [5.74, 6) is 0. The highest BCUT2D eigenvalue weighted by Gasteiger charge is 2.39. The maximum atomic E-state index is 12.8. The third-order valence-corrected chi connectivity index (χ3v) is 5.65. The van der Waals surface area contributed by atoms with E-state index in [0.29, 0.717) is 5.69 Å². The maximum absolute atomic E-state index is 12.8. The summed E-state index contributed by atoms with van der Waals surface area (Å²) in [7, 11) is -3.67. The molecule has 3 rings (SSSR count). The first-order valence-corrected chi connectivity index (χ1v) is 8.43. The molecule has 21 heavy (non-hydrogen) atoms. The van der Waals surface area contributed by atoms with Gasteiger partial charge in [-0.2, -0.15) is 4.31 Å². The Balaban J connectivity index is 1.96. The van der Waals surface area contributed by atoms with Gasteiger partial charge in [0.15, 0.2) is 0 Å². The van der Waals surface area contributed by atoms with Crippen LogP contribution in [0.5, 0.6) is 0 Å². The van der Waals surface area contributed by atoms with Crippen LogP contribution < -0.4 is 0 Å². The van der Waals surface area contributed by atoms with Gasteiger partial charge >= 0.3 is 0 Å². The predicted octanol–water partition coefficient (Wildman–Crippen LogP) is 2.48. The molecule has 1 aliphatic rings. The summed E-state index contributed by atoms with van der Waals surface area (Å²) in [4.78, 5) is 8.11.